The van der Waals surface area contributed by atoms with Crippen LogP contribution in [0.2, 0.25) is 5.02 Å². The summed E-state index contributed by atoms with van der Waals surface area (Å²) < 4.78 is 31.3. The van der Waals surface area contributed by atoms with Crippen LogP contribution in [0.25, 0.3) is 0 Å². The van der Waals surface area contributed by atoms with Crippen molar-refractivity contribution in [3.8, 4) is 5.75 Å². The van der Waals surface area contributed by atoms with Crippen LogP contribution < -0.4 is 20.5 Å². The van der Waals surface area contributed by atoms with Gasteiger partial charge >= 0.3 is 0 Å². The second-order valence-electron chi connectivity index (χ2n) is 7.42. The average molecular weight is 477 g/mol. The van der Waals surface area contributed by atoms with E-state index in [0.29, 0.717) is 5.69 Å². The number of hydrogen-bond acceptors (Lipinski definition) is 6. The summed E-state index contributed by atoms with van der Waals surface area (Å²) in [5.41, 5.74) is 6.35. The summed E-state index contributed by atoms with van der Waals surface area (Å²) in [6.45, 7) is 0. The molecule has 1 aliphatic carbocycles. The fraction of sp³-hybridized carbons (Fsp3) is 0.273. The predicted molar refractivity (Wildman–Crippen MR) is 128 cm³/mol. The Balaban J connectivity index is 1.66. The number of nitrogens with one attached hydrogen (secondary N) is 2. The molecule has 0 spiro atoms. The number of nitrogens with zero attached hydrogens (tertiary/aromatic N) is 1. The van der Waals surface area contributed by atoms with Crippen LogP contribution in [0, 0.1) is 0 Å². The average Bonchev–Trinajstić information content (AvgIpc) is 3.14. The van der Waals surface area contributed by atoms with Crippen LogP contribution in [-0.2, 0) is 14.8 Å². The lowest BCUT2D eigenvalue weighted by Gasteiger charge is -2.18. The van der Waals surface area contributed by atoms with Crippen molar-refractivity contribution in [3.05, 3.63) is 65.3 Å². The number of sulfonamides is 1. The summed E-state index contributed by atoms with van der Waals surface area (Å²) >= 11 is 6.04. The molecule has 1 aliphatic rings. The molecule has 0 aliphatic heterocycles. The molecule has 1 amide bonds. The molecular weight excluding hydrogens is 452 g/mol. The highest BCUT2D eigenvalue weighted by Crippen LogP contribution is 2.27. The van der Waals surface area contributed by atoms with Crippen LogP contribution >= 0.6 is 11.6 Å². The van der Waals surface area contributed by atoms with E-state index >= 15 is 0 Å². The minimum atomic E-state index is -3.49. The van der Waals surface area contributed by atoms with Gasteiger partial charge in [-0.15, -0.1) is 0 Å². The summed E-state index contributed by atoms with van der Waals surface area (Å²) in [4.78, 5) is 17.2. The van der Waals surface area contributed by atoms with Gasteiger partial charge in [0.2, 0.25) is 10.0 Å². The Bertz CT molecular complexity index is 1120. The van der Waals surface area contributed by atoms with Crippen molar-refractivity contribution in [2.24, 2.45) is 10.7 Å². The monoisotopic (exact) mass is 476 g/mol. The molecular formula is C22H25ClN4O4S. The highest BCUT2D eigenvalue weighted by molar-refractivity contribution is 7.92. The second kappa shape index (κ2) is 10.5. The van der Waals surface area contributed by atoms with Gasteiger partial charge < -0.3 is 15.8 Å². The first-order valence-corrected chi connectivity index (χ1v) is 12.3. The number of rotatable bonds is 8. The molecule has 8 nitrogen and oxygen atoms in total. The number of ether oxygens (including phenoxy) is 1. The van der Waals surface area contributed by atoms with Gasteiger partial charge in [0.05, 0.1) is 23.6 Å². The van der Waals surface area contributed by atoms with Crippen molar-refractivity contribution in [3.63, 3.8) is 0 Å². The summed E-state index contributed by atoms with van der Waals surface area (Å²) in [7, 11) is -3.49. The van der Waals surface area contributed by atoms with Crippen molar-refractivity contribution < 1.29 is 17.9 Å². The highest BCUT2D eigenvalue weighted by Gasteiger charge is 2.28. The van der Waals surface area contributed by atoms with E-state index in [2.05, 4.69) is 15.0 Å². The first-order valence-electron chi connectivity index (χ1n) is 10.00. The van der Waals surface area contributed by atoms with Crippen molar-refractivity contribution in [1.29, 1.82) is 0 Å². The maximum Gasteiger partial charge on any atom is 0.258 e. The van der Waals surface area contributed by atoms with E-state index in [-0.39, 0.29) is 28.4 Å². The molecule has 2 aromatic carbocycles. The number of para-hydroxylation sites is 1. The number of aliphatic imine (C=N–C) groups is 1. The first-order chi connectivity index (χ1) is 15.2. The minimum Gasteiger partial charge on any atom is -0.488 e. The van der Waals surface area contributed by atoms with E-state index in [4.69, 9.17) is 22.1 Å². The van der Waals surface area contributed by atoms with Crippen molar-refractivity contribution in [2.45, 2.75) is 31.4 Å². The number of carbonyl (C=O) groups is 1. The highest BCUT2D eigenvalue weighted by atomic mass is 35.5. The second-order valence-corrected chi connectivity index (χ2v) is 9.61. The number of carbonyl (C=O) groups excluding carboxylic acids is 1. The molecule has 0 saturated heterocycles. The number of amides is 1. The molecule has 0 bridgehead atoms. The van der Waals surface area contributed by atoms with Gasteiger partial charge in [-0.1, -0.05) is 29.8 Å². The lowest BCUT2D eigenvalue weighted by Crippen LogP contribution is -2.25. The third-order valence-electron chi connectivity index (χ3n) is 4.75. The fourth-order valence-electron chi connectivity index (χ4n) is 3.38. The van der Waals surface area contributed by atoms with Crippen molar-refractivity contribution >= 4 is 45.1 Å². The van der Waals surface area contributed by atoms with Crippen molar-refractivity contribution in [1.82, 2.24) is 0 Å². The third-order valence-corrected chi connectivity index (χ3v) is 5.58. The molecule has 0 radical (unpaired) electrons. The lowest BCUT2D eigenvalue weighted by molar-refractivity contribution is -0.112. The van der Waals surface area contributed by atoms with E-state index in [0.717, 1.165) is 31.3 Å². The Morgan fingerprint density at radius 2 is 1.91 bits per heavy atom. The molecule has 170 valence electrons. The molecule has 0 heterocycles. The Morgan fingerprint density at radius 3 is 2.59 bits per heavy atom. The molecule has 2 aromatic rings. The van der Waals surface area contributed by atoms with Gasteiger partial charge in [-0.25, -0.2) is 8.42 Å². The predicted octanol–water partition coefficient (Wildman–Crippen LogP) is 3.56. The van der Waals surface area contributed by atoms with Gasteiger partial charge in [0, 0.05) is 23.1 Å². The van der Waals surface area contributed by atoms with E-state index < -0.39 is 15.9 Å². The normalized spacial score (nSPS) is 19.1. The van der Waals surface area contributed by atoms with Crippen molar-refractivity contribution in [2.75, 3.05) is 16.3 Å². The lowest BCUT2D eigenvalue weighted by atomic mass is 10.2. The number of anilines is 2. The Hall–Kier alpha value is -3.04. The largest absolute Gasteiger partial charge is 0.488 e. The van der Waals surface area contributed by atoms with Gasteiger partial charge in [0.15, 0.2) is 0 Å². The molecule has 1 fully saturated rings. The number of hydrogen-bond donors (Lipinski definition) is 3. The Morgan fingerprint density at radius 1 is 1.19 bits per heavy atom. The van der Waals surface area contributed by atoms with Crippen LogP contribution in [0.15, 0.2) is 65.3 Å². The maximum atomic E-state index is 12.7. The third kappa shape index (κ3) is 7.00. The maximum absolute atomic E-state index is 12.7. The molecule has 0 aromatic heterocycles. The smallest absolute Gasteiger partial charge is 0.258 e. The zero-order valence-electron chi connectivity index (χ0n) is 17.5. The Labute approximate surface area is 192 Å². The SMILES string of the molecule is CS(=O)(=O)Nc1cc(Cl)cc(NC(=O)/C(C=N[C@H]2CCC[C@H]2Oc2ccccc2)=C\N)c1. The minimum absolute atomic E-state index is 0.0757. The van der Waals surface area contributed by atoms with Crippen LogP contribution in [0.1, 0.15) is 19.3 Å². The molecule has 3 rings (SSSR count). The summed E-state index contributed by atoms with van der Waals surface area (Å²) in [6.07, 6.45) is 6.26. The van der Waals surface area contributed by atoms with Gasteiger partial charge in [-0.2, -0.15) is 0 Å². The molecule has 1 saturated carbocycles. The standard InChI is InChI=1S/C22H25ClN4O4S/c1-32(29,30)27-18-11-16(23)10-17(12-18)26-22(28)15(13-24)14-25-20-8-5-9-21(20)31-19-6-3-2-4-7-19/h2-4,6-7,10-14,20-21,27H,5,8-9,24H2,1H3,(H,26,28)/b15-13-,25-14?/t20-,21+/m0/s1. The van der Waals surface area contributed by atoms with E-state index in [1.165, 1.54) is 30.6 Å². The van der Waals surface area contributed by atoms with Crippen LogP contribution in [0.3, 0.4) is 0 Å². The van der Waals surface area contributed by atoms with Gasteiger partial charge in [0.1, 0.15) is 11.9 Å². The van der Waals surface area contributed by atoms with E-state index in [1.807, 2.05) is 30.3 Å². The van der Waals surface area contributed by atoms with Crippen LogP contribution in [0.5, 0.6) is 5.75 Å². The zero-order valence-corrected chi connectivity index (χ0v) is 19.1. The fourth-order valence-corrected chi connectivity index (χ4v) is 4.16. The molecule has 0 unspecified atom stereocenters. The summed E-state index contributed by atoms with van der Waals surface area (Å²) in [5, 5.41) is 2.91. The molecule has 2 atom stereocenters. The van der Waals surface area contributed by atoms with Gasteiger partial charge in [-0.05, 0) is 49.6 Å². The topological polar surface area (TPSA) is 123 Å². The van der Waals surface area contributed by atoms with E-state index in [9.17, 15) is 13.2 Å². The van der Waals surface area contributed by atoms with E-state index in [1.54, 1.807) is 0 Å². The van der Waals surface area contributed by atoms with Gasteiger partial charge in [0.25, 0.3) is 5.91 Å². The molecule has 10 heteroatoms. The number of benzene rings is 2. The quantitative estimate of drug-likeness (QED) is 0.397. The molecule has 32 heavy (non-hydrogen) atoms. The summed E-state index contributed by atoms with van der Waals surface area (Å²) in [5.74, 6) is 0.286. The van der Waals surface area contributed by atoms with Crippen LogP contribution in [0.4, 0.5) is 11.4 Å². The molecule has 4 N–H and O–H groups in total. The number of halogens is 1. The van der Waals surface area contributed by atoms with Gasteiger partial charge in [-0.3, -0.25) is 14.5 Å². The zero-order chi connectivity index (χ0) is 23.1. The Kier molecular flexibility index (Phi) is 7.76. The van der Waals surface area contributed by atoms with Crippen LogP contribution in [-0.4, -0.2) is 38.9 Å². The first kappa shape index (κ1) is 23.6. The number of nitrogens with two attached hydrogens (primary N) is 1. The summed E-state index contributed by atoms with van der Waals surface area (Å²) in [6, 6.07) is 13.8.